The van der Waals surface area contributed by atoms with Crippen molar-refractivity contribution in [1.29, 1.82) is 0 Å². The number of hydrogen-bond donors (Lipinski definition) is 4. The van der Waals surface area contributed by atoms with E-state index in [2.05, 4.69) is 30.7 Å². The van der Waals surface area contributed by atoms with Crippen molar-refractivity contribution >= 4 is 82.2 Å². The smallest absolute Gasteiger partial charge is 0.870 e. The Kier molecular flexibility index (Phi) is 13.7. The number of azo groups is 3. The SMILES string of the molecule is Nc1ccc(N=Nc2ccc(N=Nc3c(S(=O)(=O)[O-])cc4cc(S(=O)(=O)O)c(N=Nc5ccccc5)c([O-])c4c3N)cc2)c(N)c1.[K+].[K+]. The summed E-state index contributed by atoms with van der Waals surface area (Å²) in [6, 6.07) is 20.1. The topological polar surface area (TPSA) is 287 Å². The molecule has 5 rings (SSSR count). The van der Waals surface area contributed by atoms with Gasteiger partial charge in [0.25, 0.3) is 10.1 Å². The van der Waals surface area contributed by atoms with E-state index in [0.29, 0.717) is 28.8 Å². The number of fused-ring (bicyclic) bond motifs is 1. The molecule has 16 nitrogen and oxygen atoms in total. The summed E-state index contributed by atoms with van der Waals surface area (Å²) in [5, 5.41) is 36.2. The molecule has 0 aliphatic rings. The summed E-state index contributed by atoms with van der Waals surface area (Å²) < 4.78 is 70.7. The molecule has 0 saturated heterocycles. The van der Waals surface area contributed by atoms with Gasteiger partial charge in [0.1, 0.15) is 26.4 Å². The Balaban J connectivity index is 0.00000312. The van der Waals surface area contributed by atoms with Crippen LogP contribution in [-0.4, -0.2) is 25.9 Å². The zero-order chi connectivity index (χ0) is 33.2. The predicted molar refractivity (Wildman–Crippen MR) is 166 cm³/mol. The van der Waals surface area contributed by atoms with E-state index in [1.165, 1.54) is 42.5 Å². The molecular formula is C28H21K2N9O7S2. The first-order valence-corrected chi connectivity index (χ1v) is 15.7. The second kappa shape index (κ2) is 16.4. The Morgan fingerprint density at radius 2 is 1.15 bits per heavy atom. The first kappa shape index (κ1) is 39.9. The minimum absolute atomic E-state index is 0. The first-order valence-electron chi connectivity index (χ1n) is 12.8. The third-order valence-corrected chi connectivity index (χ3v) is 8.02. The molecular weight excluding hydrogens is 717 g/mol. The van der Waals surface area contributed by atoms with E-state index in [9.17, 15) is 31.0 Å². The minimum atomic E-state index is -5.30. The monoisotopic (exact) mass is 737 g/mol. The summed E-state index contributed by atoms with van der Waals surface area (Å²) in [5.41, 5.74) is 17.6. The van der Waals surface area contributed by atoms with E-state index < -0.39 is 63.6 Å². The average molecular weight is 738 g/mol. The fourth-order valence-corrected chi connectivity index (χ4v) is 5.46. The first-order chi connectivity index (χ1) is 21.7. The zero-order valence-electron chi connectivity index (χ0n) is 25.2. The van der Waals surface area contributed by atoms with Crippen LogP contribution in [0.4, 0.5) is 51.2 Å². The van der Waals surface area contributed by atoms with Gasteiger partial charge in [-0.25, -0.2) is 8.42 Å². The third-order valence-electron chi connectivity index (χ3n) is 6.30. The van der Waals surface area contributed by atoms with E-state index in [1.54, 1.807) is 30.3 Å². The van der Waals surface area contributed by atoms with Gasteiger partial charge < -0.3 is 26.9 Å². The number of rotatable bonds is 8. The molecule has 48 heavy (non-hydrogen) atoms. The van der Waals surface area contributed by atoms with Gasteiger partial charge in [0.2, 0.25) is 0 Å². The molecule has 0 atom stereocenters. The molecule has 0 fully saturated rings. The normalized spacial score (nSPS) is 12.0. The molecule has 234 valence electrons. The van der Waals surface area contributed by atoms with Crippen LogP contribution in [0.5, 0.6) is 5.75 Å². The van der Waals surface area contributed by atoms with Crippen molar-refractivity contribution in [1.82, 2.24) is 0 Å². The summed E-state index contributed by atoms with van der Waals surface area (Å²) in [5.74, 6) is -1.13. The van der Waals surface area contributed by atoms with Crippen LogP contribution >= 0.6 is 0 Å². The van der Waals surface area contributed by atoms with Gasteiger partial charge in [-0.2, -0.15) is 23.8 Å². The summed E-state index contributed by atoms with van der Waals surface area (Å²) in [4.78, 5) is -1.98. The molecule has 0 amide bonds. The molecule has 20 heteroatoms. The van der Waals surface area contributed by atoms with Crippen molar-refractivity contribution < 1.29 is 134 Å². The molecule has 0 aliphatic carbocycles. The van der Waals surface area contributed by atoms with Gasteiger partial charge in [0.05, 0.1) is 39.0 Å². The quantitative estimate of drug-likeness (QED) is 0.0719. The maximum atomic E-state index is 13.5. The van der Waals surface area contributed by atoms with Gasteiger partial charge in [-0.05, 0) is 72.1 Å². The molecule has 0 aliphatic heterocycles. The summed E-state index contributed by atoms with van der Waals surface area (Å²) in [6.07, 6.45) is 0. The van der Waals surface area contributed by atoms with Crippen molar-refractivity contribution in [2.45, 2.75) is 9.79 Å². The second-order valence-electron chi connectivity index (χ2n) is 9.49. The molecule has 0 saturated carbocycles. The van der Waals surface area contributed by atoms with E-state index >= 15 is 0 Å². The standard InChI is InChI=1S/C28H23N9O7S2.2K/c29-16-6-11-21(20(30)14-16)35-32-18-7-9-19(10-8-18)34-36-26-22(45(39,40)41)12-15-13-23(46(42,43)44)27(28(38)24(15)25(26)31)37-33-17-4-2-1-3-5-17;;/h1-14,38H,29-31H2,(H,39,40,41)(H,42,43,44);;/q;2*+1/p-2. The Bertz CT molecular complexity index is 2310. The minimum Gasteiger partial charge on any atom is -0.870 e. The largest absolute Gasteiger partial charge is 1.00 e. The van der Waals surface area contributed by atoms with Gasteiger partial charge in [-0.3, -0.25) is 4.55 Å². The summed E-state index contributed by atoms with van der Waals surface area (Å²) in [7, 11) is -10.4. The van der Waals surface area contributed by atoms with Crippen molar-refractivity contribution in [2.75, 3.05) is 17.2 Å². The van der Waals surface area contributed by atoms with Crippen LogP contribution in [0.1, 0.15) is 0 Å². The van der Waals surface area contributed by atoms with Crippen LogP contribution in [0.3, 0.4) is 0 Å². The number of nitrogen functional groups attached to an aromatic ring is 3. The number of anilines is 3. The van der Waals surface area contributed by atoms with Crippen LogP contribution in [0.25, 0.3) is 10.8 Å². The Labute approximate surface area is 359 Å². The molecule has 0 heterocycles. The molecule has 0 bridgehead atoms. The molecule has 0 spiro atoms. The number of nitrogens with two attached hydrogens (primary N) is 3. The van der Waals surface area contributed by atoms with Crippen LogP contribution in [-0.2, 0) is 20.2 Å². The van der Waals surface area contributed by atoms with Crippen molar-refractivity contribution in [3.63, 3.8) is 0 Å². The van der Waals surface area contributed by atoms with E-state index in [1.807, 2.05) is 0 Å². The average Bonchev–Trinajstić information content (AvgIpc) is 2.99. The fraction of sp³-hybridized carbons (Fsp3) is 0. The van der Waals surface area contributed by atoms with Gasteiger partial charge in [0, 0.05) is 11.1 Å². The van der Waals surface area contributed by atoms with E-state index in [4.69, 9.17) is 17.2 Å². The number of hydrogen-bond acceptors (Lipinski definition) is 15. The Morgan fingerprint density at radius 1 is 0.625 bits per heavy atom. The van der Waals surface area contributed by atoms with Crippen LogP contribution < -0.4 is 125 Å². The molecule has 5 aromatic rings. The van der Waals surface area contributed by atoms with Crippen molar-refractivity contribution in [3.05, 3.63) is 84.9 Å². The van der Waals surface area contributed by atoms with Gasteiger partial charge in [0.15, 0.2) is 0 Å². The van der Waals surface area contributed by atoms with Gasteiger partial charge >= 0.3 is 103 Å². The second-order valence-corrected chi connectivity index (χ2v) is 12.2. The van der Waals surface area contributed by atoms with Gasteiger partial charge in [-0.1, -0.05) is 23.9 Å². The van der Waals surface area contributed by atoms with Gasteiger partial charge in [-0.15, -0.1) is 15.3 Å². The van der Waals surface area contributed by atoms with Crippen LogP contribution in [0.15, 0.2) is 125 Å². The molecule has 0 unspecified atom stereocenters. The number of benzene rings is 5. The predicted octanol–water partition coefficient (Wildman–Crippen LogP) is 0.0650. The zero-order valence-corrected chi connectivity index (χ0v) is 33.1. The number of nitrogens with zero attached hydrogens (tertiary/aromatic N) is 6. The van der Waals surface area contributed by atoms with E-state index in [-0.39, 0.29) is 114 Å². The summed E-state index contributed by atoms with van der Waals surface area (Å²) >= 11 is 0. The van der Waals surface area contributed by atoms with E-state index in [0.717, 1.165) is 6.07 Å². The van der Waals surface area contributed by atoms with Crippen LogP contribution in [0.2, 0.25) is 0 Å². The Morgan fingerprint density at radius 3 is 1.69 bits per heavy atom. The van der Waals surface area contributed by atoms with Crippen LogP contribution in [0, 0.1) is 0 Å². The molecule has 7 N–H and O–H groups in total. The Hall–Kier alpha value is -2.55. The molecule has 0 aromatic heterocycles. The maximum absolute atomic E-state index is 13.5. The fourth-order valence-electron chi connectivity index (χ4n) is 4.15. The van der Waals surface area contributed by atoms with Crippen molar-refractivity contribution in [2.24, 2.45) is 30.7 Å². The maximum Gasteiger partial charge on any atom is 1.00 e. The third kappa shape index (κ3) is 9.36. The summed E-state index contributed by atoms with van der Waals surface area (Å²) in [6.45, 7) is 0. The molecule has 0 radical (unpaired) electrons. The van der Waals surface area contributed by atoms with Crippen molar-refractivity contribution in [3.8, 4) is 5.75 Å². The molecule has 5 aromatic carbocycles.